The highest BCUT2D eigenvalue weighted by Crippen LogP contribution is 2.14. The van der Waals surface area contributed by atoms with Crippen molar-refractivity contribution in [2.45, 2.75) is 20.0 Å². The third-order valence-electron chi connectivity index (χ3n) is 4.70. The Morgan fingerprint density at radius 1 is 0.958 bits per heavy atom. The monoisotopic (exact) mass is 322 g/mol. The lowest BCUT2D eigenvalue weighted by Gasteiger charge is -2.34. The van der Waals surface area contributed by atoms with E-state index in [9.17, 15) is 0 Å². The number of aromatic nitrogens is 4. The summed E-state index contributed by atoms with van der Waals surface area (Å²) in [5.41, 5.74) is 4.63. The topological polar surface area (TPSA) is 49.6 Å². The normalized spacial score (nSPS) is 16.7. The molecule has 4 rings (SSSR count). The van der Waals surface area contributed by atoms with Gasteiger partial charge in [-0.1, -0.05) is 6.07 Å². The fourth-order valence-corrected chi connectivity index (χ4v) is 3.23. The van der Waals surface area contributed by atoms with E-state index in [0.717, 1.165) is 44.9 Å². The molecule has 0 radical (unpaired) electrons. The zero-order valence-corrected chi connectivity index (χ0v) is 14.0. The Bertz CT molecular complexity index is 819. The van der Waals surface area contributed by atoms with Gasteiger partial charge in [-0.3, -0.25) is 14.8 Å². The highest BCUT2D eigenvalue weighted by Gasteiger charge is 2.19. The summed E-state index contributed by atoms with van der Waals surface area (Å²) in [6.45, 7) is 8.27. The first-order valence-electron chi connectivity index (χ1n) is 8.42. The van der Waals surface area contributed by atoms with E-state index in [1.807, 2.05) is 41.4 Å². The van der Waals surface area contributed by atoms with Gasteiger partial charge in [-0.2, -0.15) is 5.10 Å². The quantitative estimate of drug-likeness (QED) is 0.732. The predicted molar refractivity (Wildman–Crippen MR) is 92.5 cm³/mol. The molecule has 0 amide bonds. The van der Waals surface area contributed by atoms with Crippen LogP contribution < -0.4 is 0 Å². The van der Waals surface area contributed by atoms with Crippen molar-refractivity contribution < 1.29 is 0 Å². The summed E-state index contributed by atoms with van der Waals surface area (Å²) in [5, 5.41) is 4.37. The Kier molecular flexibility index (Phi) is 4.23. The largest absolute Gasteiger partial charge is 0.296 e. The van der Waals surface area contributed by atoms with Gasteiger partial charge in [-0.05, 0) is 24.6 Å². The lowest BCUT2D eigenvalue weighted by molar-refractivity contribution is 0.121. The van der Waals surface area contributed by atoms with Crippen molar-refractivity contribution in [2.75, 3.05) is 26.2 Å². The van der Waals surface area contributed by atoms with Gasteiger partial charge in [0.05, 0.1) is 11.9 Å². The molecule has 124 valence electrons. The molecule has 1 aliphatic heterocycles. The summed E-state index contributed by atoms with van der Waals surface area (Å²) < 4.78 is 1.84. The second-order valence-corrected chi connectivity index (χ2v) is 6.38. The van der Waals surface area contributed by atoms with Gasteiger partial charge in [0, 0.05) is 63.4 Å². The van der Waals surface area contributed by atoms with E-state index in [4.69, 9.17) is 0 Å². The lowest BCUT2D eigenvalue weighted by Crippen LogP contribution is -2.45. The zero-order chi connectivity index (χ0) is 16.4. The highest BCUT2D eigenvalue weighted by atomic mass is 15.3. The molecule has 4 heterocycles. The Hall–Kier alpha value is -2.31. The third-order valence-corrected chi connectivity index (χ3v) is 4.70. The van der Waals surface area contributed by atoms with E-state index in [0.29, 0.717) is 0 Å². The van der Waals surface area contributed by atoms with Crippen molar-refractivity contribution >= 4 is 5.65 Å². The maximum atomic E-state index is 4.51. The van der Waals surface area contributed by atoms with Crippen LogP contribution in [-0.4, -0.2) is 55.6 Å². The van der Waals surface area contributed by atoms with E-state index in [1.165, 1.54) is 16.8 Å². The minimum atomic E-state index is 0.914. The zero-order valence-electron chi connectivity index (χ0n) is 14.0. The number of hydrogen-bond acceptors (Lipinski definition) is 5. The maximum absolute atomic E-state index is 4.51. The number of fused-ring (bicyclic) bond motifs is 1. The van der Waals surface area contributed by atoms with Crippen LogP contribution in [0.5, 0.6) is 0 Å². The van der Waals surface area contributed by atoms with Gasteiger partial charge in [0.25, 0.3) is 0 Å². The number of rotatable bonds is 4. The second-order valence-electron chi connectivity index (χ2n) is 6.38. The Labute approximate surface area is 141 Å². The predicted octanol–water partition coefficient (Wildman–Crippen LogP) is 1.75. The van der Waals surface area contributed by atoms with E-state index < -0.39 is 0 Å². The summed E-state index contributed by atoms with van der Waals surface area (Å²) in [6.07, 6.45) is 7.59. The molecule has 1 aliphatic rings. The fraction of sp³-hybridized carbons (Fsp3) is 0.389. The van der Waals surface area contributed by atoms with E-state index in [2.05, 4.69) is 37.9 Å². The summed E-state index contributed by atoms with van der Waals surface area (Å²) in [5.74, 6) is 0. The van der Waals surface area contributed by atoms with Gasteiger partial charge in [-0.25, -0.2) is 9.50 Å². The second kappa shape index (κ2) is 6.67. The highest BCUT2D eigenvalue weighted by molar-refractivity contribution is 5.45. The van der Waals surface area contributed by atoms with Gasteiger partial charge in [0.2, 0.25) is 0 Å². The maximum Gasteiger partial charge on any atom is 0.159 e. The first kappa shape index (κ1) is 15.2. The molecule has 0 bridgehead atoms. The summed E-state index contributed by atoms with van der Waals surface area (Å²) in [4.78, 5) is 13.9. The van der Waals surface area contributed by atoms with Gasteiger partial charge >= 0.3 is 0 Å². The molecule has 0 unspecified atom stereocenters. The van der Waals surface area contributed by atoms with E-state index in [1.54, 1.807) is 0 Å². The number of piperazine rings is 1. The molecule has 0 aromatic carbocycles. The van der Waals surface area contributed by atoms with E-state index >= 15 is 0 Å². The van der Waals surface area contributed by atoms with Crippen LogP contribution in [0.3, 0.4) is 0 Å². The van der Waals surface area contributed by atoms with Crippen molar-refractivity contribution in [3.63, 3.8) is 0 Å². The molecule has 0 spiro atoms. The molecule has 1 saturated heterocycles. The third kappa shape index (κ3) is 3.16. The van der Waals surface area contributed by atoms with Crippen molar-refractivity contribution in [2.24, 2.45) is 0 Å². The summed E-state index contributed by atoms with van der Waals surface area (Å²) >= 11 is 0. The van der Waals surface area contributed by atoms with Gasteiger partial charge in [0.15, 0.2) is 5.65 Å². The van der Waals surface area contributed by atoms with Gasteiger partial charge in [-0.15, -0.1) is 0 Å². The summed E-state index contributed by atoms with van der Waals surface area (Å²) in [7, 11) is 0. The molecule has 0 atom stereocenters. The van der Waals surface area contributed by atoms with Crippen LogP contribution in [0.4, 0.5) is 0 Å². The Balaban J connectivity index is 1.35. The van der Waals surface area contributed by atoms with Crippen molar-refractivity contribution in [1.82, 2.24) is 29.4 Å². The van der Waals surface area contributed by atoms with Crippen LogP contribution in [0.25, 0.3) is 5.65 Å². The van der Waals surface area contributed by atoms with Gasteiger partial charge < -0.3 is 0 Å². The first-order valence-corrected chi connectivity index (χ1v) is 8.42. The Morgan fingerprint density at radius 2 is 1.71 bits per heavy atom. The SMILES string of the molecule is Cc1cccnc1CN1CCN(Cc2cnn3cccnc23)CC1. The number of nitrogens with zero attached hydrogens (tertiary/aromatic N) is 6. The minimum Gasteiger partial charge on any atom is -0.296 e. The number of pyridine rings is 1. The Morgan fingerprint density at radius 3 is 2.50 bits per heavy atom. The van der Waals surface area contributed by atoms with Crippen molar-refractivity contribution in [3.8, 4) is 0 Å². The molecule has 1 fully saturated rings. The molecule has 3 aromatic rings. The summed E-state index contributed by atoms with van der Waals surface area (Å²) in [6, 6.07) is 6.04. The molecular weight excluding hydrogens is 300 g/mol. The van der Waals surface area contributed by atoms with E-state index in [-0.39, 0.29) is 0 Å². The molecule has 24 heavy (non-hydrogen) atoms. The van der Waals surface area contributed by atoms with Crippen LogP contribution in [0, 0.1) is 6.92 Å². The van der Waals surface area contributed by atoms with Crippen LogP contribution >= 0.6 is 0 Å². The van der Waals surface area contributed by atoms with Crippen LogP contribution in [-0.2, 0) is 13.1 Å². The molecule has 6 nitrogen and oxygen atoms in total. The lowest BCUT2D eigenvalue weighted by atomic mass is 10.2. The smallest absolute Gasteiger partial charge is 0.159 e. The van der Waals surface area contributed by atoms with Crippen molar-refractivity contribution in [3.05, 3.63) is 59.8 Å². The minimum absolute atomic E-state index is 0.914. The number of hydrogen-bond donors (Lipinski definition) is 0. The standard InChI is InChI=1S/C18H22N6/c1-15-4-2-5-19-17(15)14-23-10-8-22(9-11-23)13-16-12-21-24-7-3-6-20-18(16)24/h2-7,12H,8-11,13-14H2,1H3. The molecular formula is C18H22N6. The average molecular weight is 322 g/mol. The molecule has 6 heteroatoms. The van der Waals surface area contributed by atoms with Crippen molar-refractivity contribution in [1.29, 1.82) is 0 Å². The molecule has 0 saturated carbocycles. The van der Waals surface area contributed by atoms with Gasteiger partial charge in [0.1, 0.15) is 0 Å². The molecule has 0 aliphatic carbocycles. The fourth-order valence-electron chi connectivity index (χ4n) is 3.23. The van der Waals surface area contributed by atoms with Crippen LogP contribution in [0.1, 0.15) is 16.8 Å². The number of aryl methyl sites for hydroxylation is 1. The van der Waals surface area contributed by atoms with Crippen LogP contribution in [0.2, 0.25) is 0 Å². The first-order chi connectivity index (χ1) is 11.8. The molecule has 0 N–H and O–H groups in total. The van der Waals surface area contributed by atoms with Crippen LogP contribution in [0.15, 0.2) is 43.0 Å². The molecule has 3 aromatic heterocycles. The average Bonchev–Trinajstić information content (AvgIpc) is 3.02.